The number of pyridine rings is 1. The molecule has 2 N–H and O–H groups in total. The molecule has 1 aliphatic rings. The van der Waals surface area contributed by atoms with Crippen LogP contribution in [-0.2, 0) is 11.3 Å². The van der Waals surface area contributed by atoms with E-state index in [9.17, 15) is 4.79 Å². The summed E-state index contributed by atoms with van der Waals surface area (Å²) in [5, 5.41) is 5.98. The molecule has 2 aromatic heterocycles. The van der Waals surface area contributed by atoms with Crippen LogP contribution in [-0.4, -0.2) is 40.1 Å². The van der Waals surface area contributed by atoms with Crippen molar-refractivity contribution in [2.75, 3.05) is 18.5 Å². The van der Waals surface area contributed by atoms with Crippen LogP contribution >= 0.6 is 0 Å². The second-order valence-electron chi connectivity index (χ2n) is 5.31. The third kappa shape index (κ3) is 4.46. The van der Waals surface area contributed by atoms with Gasteiger partial charge in [-0.3, -0.25) is 9.78 Å². The van der Waals surface area contributed by atoms with Crippen LogP contribution in [0.3, 0.4) is 0 Å². The van der Waals surface area contributed by atoms with E-state index < -0.39 is 0 Å². The Morgan fingerprint density at radius 2 is 2.26 bits per heavy atom. The average molecular weight is 313 g/mol. The third-order valence-corrected chi connectivity index (χ3v) is 3.59. The molecule has 3 rings (SSSR count). The summed E-state index contributed by atoms with van der Waals surface area (Å²) in [4.78, 5) is 24.5. The molecule has 0 radical (unpaired) electrons. The lowest BCUT2D eigenvalue weighted by atomic mass is 10.2. The molecule has 7 heteroatoms. The van der Waals surface area contributed by atoms with Crippen LogP contribution in [0.2, 0.25) is 0 Å². The first-order chi connectivity index (χ1) is 11.3. The number of rotatable bonds is 6. The lowest BCUT2D eigenvalue weighted by molar-refractivity contribution is 0.0853. The number of ether oxygens (including phenoxy) is 1. The van der Waals surface area contributed by atoms with Crippen LogP contribution in [0.4, 0.5) is 5.82 Å². The zero-order valence-corrected chi connectivity index (χ0v) is 12.7. The fourth-order valence-corrected chi connectivity index (χ4v) is 2.36. The molecule has 1 fully saturated rings. The van der Waals surface area contributed by atoms with Gasteiger partial charge in [0.1, 0.15) is 17.8 Å². The summed E-state index contributed by atoms with van der Waals surface area (Å²) in [5.74, 6) is 0.372. The fraction of sp³-hybridized carbons (Fsp3) is 0.375. The molecule has 0 aromatic carbocycles. The Bertz CT molecular complexity index is 644. The maximum absolute atomic E-state index is 12.1. The molecule has 7 nitrogen and oxygen atoms in total. The second kappa shape index (κ2) is 7.64. The quantitative estimate of drug-likeness (QED) is 0.838. The average Bonchev–Trinajstić information content (AvgIpc) is 3.12. The van der Waals surface area contributed by atoms with Crippen molar-refractivity contribution in [3.8, 4) is 0 Å². The van der Waals surface area contributed by atoms with Crippen LogP contribution in [0, 0.1) is 0 Å². The van der Waals surface area contributed by atoms with Crippen molar-refractivity contribution in [2.45, 2.75) is 25.5 Å². The minimum atomic E-state index is -0.219. The Morgan fingerprint density at radius 3 is 3.04 bits per heavy atom. The van der Waals surface area contributed by atoms with E-state index in [2.05, 4.69) is 25.6 Å². The number of amides is 1. The van der Waals surface area contributed by atoms with Gasteiger partial charge < -0.3 is 15.4 Å². The van der Waals surface area contributed by atoms with Gasteiger partial charge in [-0.2, -0.15) is 0 Å². The van der Waals surface area contributed by atoms with Crippen molar-refractivity contribution in [1.29, 1.82) is 0 Å². The molecule has 1 unspecified atom stereocenters. The number of nitrogens with one attached hydrogen (secondary N) is 2. The highest BCUT2D eigenvalue weighted by atomic mass is 16.5. The molecular formula is C16H19N5O2. The van der Waals surface area contributed by atoms with Crippen molar-refractivity contribution >= 4 is 11.7 Å². The lowest BCUT2D eigenvalue weighted by Crippen LogP contribution is -2.32. The van der Waals surface area contributed by atoms with E-state index in [1.807, 2.05) is 18.2 Å². The standard InChI is InChI=1S/C16H19N5O2/c22-16(19-10-13-5-3-7-23-13)14-8-15(21-11-20-14)18-9-12-4-1-2-6-17-12/h1-2,4,6,8,11,13H,3,5,7,9-10H2,(H,19,22)(H,18,20,21). The molecule has 1 amide bonds. The minimum Gasteiger partial charge on any atom is -0.376 e. The fourth-order valence-electron chi connectivity index (χ4n) is 2.36. The largest absolute Gasteiger partial charge is 0.376 e. The number of anilines is 1. The Balaban J connectivity index is 1.54. The second-order valence-corrected chi connectivity index (χ2v) is 5.31. The number of carbonyl (C=O) groups excluding carboxylic acids is 1. The van der Waals surface area contributed by atoms with Crippen molar-refractivity contribution < 1.29 is 9.53 Å². The normalized spacial score (nSPS) is 17.0. The molecular weight excluding hydrogens is 294 g/mol. The monoisotopic (exact) mass is 313 g/mol. The van der Waals surface area contributed by atoms with Gasteiger partial charge in [0.25, 0.3) is 5.91 Å². The van der Waals surface area contributed by atoms with E-state index in [1.165, 1.54) is 6.33 Å². The first kappa shape index (κ1) is 15.4. The van der Waals surface area contributed by atoms with Gasteiger partial charge >= 0.3 is 0 Å². The molecule has 2 aromatic rings. The molecule has 23 heavy (non-hydrogen) atoms. The highest BCUT2D eigenvalue weighted by molar-refractivity contribution is 5.92. The topological polar surface area (TPSA) is 89.0 Å². The van der Waals surface area contributed by atoms with E-state index >= 15 is 0 Å². The summed E-state index contributed by atoms with van der Waals surface area (Å²) < 4.78 is 5.48. The molecule has 0 spiro atoms. The van der Waals surface area contributed by atoms with Crippen LogP contribution in [0.25, 0.3) is 0 Å². The van der Waals surface area contributed by atoms with Crippen molar-refractivity contribution in [1.82, 2.24) is 20.3 Å². The predicted octanol–water partition coefficient (Wildman–Crippen LogP) is 1.39. The summed E-state index contributed by atoms with van der Waals surface area (Å²) >= 11 is 0. The van der Waals surface area contributed by atoms with E-state index in [0.29, 0.717) is 24.6 Å². The predicted molar refractivity (Wildman–Crippen MR) is 84.9 cm³/mol. The third-order valence-electron chi connectivity index (χ3n) is 3.59. The van der Waals surface area contributed by atoms with Crippen molar-refractivity contribution in [3.63, 3.8) is 0 Å². The summed E-state index contributed by atoms with van der Waals surface area (Å²) in [6.07, 6.45) is 5.27. The van der Waals surface area contributed by atoms with Gasteiger partial charge in [-0.25, -0.2) is 9.97 Å². The highest BCUT2D eigenvalue weighted by Crippen LogP contribution is 2.11. The van der Waals surface area contributed by atoms with Gasteiger partial charge in [0.2, 0.25) is 0 Å². The zero-order chi connectivity index (χ0) is 15.9. The molecule has 1 saturated heterocycles. The Hall–Kier alpha value is -2.54. The maximum atomic E-state index is 12.1. The van der Waals surface area contributed by atoms with Crippen LogP contribution in [0.15, 0.2) is 36.8 Å². The summed E-state index contributed by atoms with van der Waals surface area (Å²) in [5.41, 5.74) is 1.23. The van der Waals surface area contributed by atoms with E-state index in [1.54, 1.807) is 12.3 Å². The number of nitrogens with zero attached hydrogens (tertiary/aromatic N) is 3. The Morgan fingerprint density at radius 1 is 1.30 bits per heavy atom. The SMILES string of the molecule is O=C(NCC1CCCO1)c1cc(NCc2ccccn2)ncn1. The number of carbonyl (C=O) groups is 1. The molecule has 120 valence electrons. The molecule has 3 heterocycles. The number of aromatic nitrogens is 3. The molecule has 1 aliphatic heterocycles. The lowest BCUT2D eigenvalue weighted by Gasteiger charge is -2.11. The number of hydrogen-bond acceptors (Lipinski definition) is 6. The Kier molecular flexibility index (Phi) is 5.10. The van der Waals surface area contributed by atoms with Gasteiger partial charge in [0, 0.05) is 25.4 Å². The van der Waals surface area contributed by atoms with Gasteiger partial charge in [0.15, 0.2) is 0 Å². The van der Waals surface area contributed by atoms with Crippen LogP contribution < -0.4 is 10.6 Å². The van der Waals surface area contributed by atoms with E-state index in [-0.39, 0.29) is 12.0 Å². The summed E-state index contributed by atoms with van der Waals surface area (Å²) in [6.45, 7) is 1.82. The van der Waals surface area contributed by atoms with Gasteiger partial charge in [-0.15, -0.1) is 0 Å². The van der Waals surface area contributed by atoms with Crippen LogP contribution in [0.5, 0.6) is 0 Å². The minimum absolute atomic E-state index is 0.113. The Labute approximate surface area is 134 Å². The van der Waals surface area contributed by atoms with Gasteiger partial charge in [-0.1, -0.05) is 6.07 Å². The van der Waals surface area contributed by atoms with Gasteiger partial charge in [0.05, 0.1) is 18.3 Å². The van der Waals surface area contributed by atoms with E-state index in [0.717, 1.165) is 25.1 Å². The highest BCUT2D eigenvalue weighted by Gasteiger charge is 2.17. The summed E-state index contributed by atoms with van der Waals surface area (Å²) in [6, 6.07) is 7.34. The molecule has 0 saturated carbocycles. The van der Waals surface area contributed by atoms with Crippen molar-refractivity contribution in [3.05, 3.63) is 48.2 Å². The molecule has 0 aliphatic carbocycles. The smallest absolute Gasteiger partial charge is 0.270 e. The summed E-state index contributed by atoms with van der Waals surface area (Å²) in [7, 11) is 0. The van der Waals surface area contributed by atoms with E-state index in [4.69, 9.17) is 4.74 Å². The maximum Gasteiger partial charge on any atom is 0.270 e. The first-order valence-corrected chi connectivity index (χ1v) is 7.67. The molecule has 0 bridgehead atoms. The van der Waals surface area contributed by atoms with Crippen LogP contribution in [0.1, 0.15) is 29.0 Å². The zero-order valence-electron chi connectivity index (χ0n) is 12.7. The number of hydrogen-bond donors (Lipinski definition) is 2. The van der Waals surface area contributed by atoms with Crippen molar-refractivity contribution in [2.24, 2.45) is 0 Å². The van der Waals surface area contributed by atoms with Gasteiger partial charge in [-0.05, 0) is 25.0 Å². The first-order valence-electron chi connectivity index (χ1n) is 7.67. The molecule has 1 atom stereocenters.